The summed E-state index contributed by atoms with van der Waals surface area (Å²) in [5, 5.41) is 9.81. The molecule has 31 heavy (non-hydrogen) atoms. The second-order valence-electron chi connectivity index (χ2n) is 8.16. The van der Waals surface area contributed by atoms with Crippen molar-refractivity contribution in [1.82, 2.24) is 4.90 Å². The minimum Gasteiger partial charge on any atom is -0.478 e. The Morgan fingerprint density at radius 3 is 2.61 bits per heavy atom. The lowest BCUT2D eigenvalue weighted by Crippen LogP contribution is -2.41. The zero-order chi connectivity index (χ0) is 22.0. The van der Waals surface area contributed by atoms with E-state index in [1.165, 1.54) is 31.0 Å². The number of benzene rings is 1. The first-order chi connectivity index (χ1) is 14.8. The van der Waals surface area contributed by atoms with Crippen LogP contribution in [0.2, 0.25) is 4.34 Å². The van der Waals surface area contributed by atoms with Gasteiger partial charge in [-0.2, -0.15) is 0 Å². The monoisotopic (exact) mass is 483 g/mol. The summed E-state index contributed by atoms with van der Waals surface area (Å²) in [7, 11) is -3.82. The van der Waals surface area contributed by atoms with Crippen LogP contribution in [0.15, 0.2) is 34.5 Å². The Morgan fingerprint density at radius 2 is 1.94 bits per heavy atom. The molecule has 2 aromatic rings. The molecule has 3 heterocycles. The lowest BCUT2D eigenvalue weighted by molar-refractivity contribution is 0.0697. The molecule has 0 amide bonds. The van der Waals surface area contributed by atoms with E-state index in [0.717, 1.165) is 56.9 Å². The van der Waals surface area contributed by atoms with E-state index in [2.05, 4.69) is 14.5 Å². The van der Waals surface area contributed by atoms with Crippen molar-refractivity contribution in [3.05, 3.63) is 40.2 Å². The number of nitrogens with one attached hydrogen (secondary N) is 1. The van der Waals surface area contributed by atoms with Crippen molar-refractivity contribution in [2.45, 2.75) is 29.9 Å². The van der Waals surface area contributed by atoms with Gasteiger partial charge in [-0.3, -0.25) is 4.72 Å². The van der Waals surface area contributed by atoms with Crippen molar-refractivity contribution >= 4 is 50.3 Å². The first-order valence-electron chi connectivity index (χ1n) is 10.4. The number of thiophene rings is 1. The first-order valence-corrected chi connectivity index (χ1v) is 13.1. The topological polar surface area (TPSA) is 89.9 Å². The predicted octanol–water partition coefficient (Wildman–Crippen LogP) is 4.21. The molecule has 10 heteroatoms. The number of hydrogen-bond acceptors (Lipinski definition) is 6. The van der Waals surface area contributed by atoms with Gasteiger partial charge in [0.25, 0.3) is 10.0 Å². The van der Waals surface area contributed by atoms with E-state index in [0.29, 0.717) is 15.9 Å². The highest BCUT2D eigenvalue weighted by Crippen LogP contribution is 2.32. The number of carboxylic acids is 1. The highest BCUT2D eigenvalue weighted by atomic mass is 35.5. The number of carbonyl (C=O) groups is 1. The molecule has 1 unspecified atom stereocenters. The molecule has 1 aromatic carbocycles. The van der Waals surface area contributed by atoms with Crippen LogP contribution >= 0.6 is 22.9 Å². The fourth-order valence-electron chi connectivity index (χ4n) is 4.46. The third-order valence-electron chi connectivity index (χ3n) is 5.87. The molecule has 2 aliphatic rings. The second kappa shape index (κ2) is 9.36. The summed E-state index contributed by atoms with van der Waals surface area (Å²) < 4.78 is 28.1. The molecule has 2 aliphatic heterocycles. The SMILES string of the molecule is O=C(O)c1cc(NS(=O)(=O)c2ccc(Cl)s2)ccc1N1CCCC(CN2CCCC2)C1. The molecule has 0 spiro atoms. The third kappa shape index (κ3) is 5.34. The Hall–Kier alpha value is -1.81. The van der Waals surface area contributed by atoms with Crippen LogP contribution in [0.5, 0.6) is 0 Å². The molecule has 0 saturated carbocycles. The molecule has 2 saturated heterocycles. The number of aromatic carboxylic acids is 1. The number of nitrogens with zero attached hydrogens (tertiary/aromatic N) is 2. The predicted molar refractivity (Wildman–Crippen MR) is 124 cm³/mol. The van der Waals surface area contributed by atoms with Gasteiger partial charge >= 0.3 is 5.97 Å². The molecule has 4 rings (SSSR count). The lowest BCUT2D eigenvalue weighted by atomic mass is 9.96. The molecule has 0 bridgehead atoms. The van der Waals surface area contributed by atoms with Crippen LogP contribution in [0.3, 0.4) is 0 Å². The van der Waals surface area contributed by atoms with E-state index in [-0.39, 0.29) is 15.5 Å². The largest absolute Gasteiger partial charge is 0.478 e. The molecule has 1 atom stereocenters. The van der Waals surface area contributed by atoms with E-state index < -0.39 is 16.0 Å². The molecular formula is C21H26ClN3O4S2. The molecule has 7 nitrogen and oxygen atoms in total. The van der Waals surface area contributed by atoms with Gasteiger partial charge < -0.3 is 14.9 Å². The zero-order valence-electron chi connectivity index (χ0n) is 17.1. The average Bonchev–Trinajstić information content (AvgIpc) is 3.40. The quantitative estimate of drug-likeness (QED) is 0.613. The summed E-state index contributed by atoms with van der Waals surface area (Å²) in [6.45, 7) is 4.98. The number of halogens is 1. The van der Waals surface area contributed by atoms with E-state index in [9.17, 15) is 18.3 Å². The minimum absolute atomic E-state index is 0.0826. The van der Waals surface area contributed by atoms with E-state index in [1.807, 2.05) is 0 Å². The molecular weight excluding hydrogens is 458 g/mol. The van der Waals surface area contributed by atoms with Gasteiger partial charge in [-0.1, -0.05) is 11.6 Å². The molecule has 1 aromatic heterocycles. The second-order valence-corrected chi connectivity index (χ2v) is 11.8. The Labute approximate surface area is 191 Å². The molecule has 0 aliphatic carbocycles. The van der Waals surface area contributed by atoms with Gasteiger partial charge in [0.2, 0.25) is 0 Å². The highest BCUT2D eigenvalue weighted by molar-refractivity contribution is 7.94. The van der Waals surface area contributed by atoms with Crippen molar-refractivity contribution in [3.8, 4) is 0 Å². The summed E-state index contributed by atoms with van der Waals surface area (Å²) in [6.07, 6.45) is 4.69. The molecule has 0 radical (unpaired) electrons. The third-order valence-corrected chi connectivity index (χ3v) is 8.97. The van der Waals surface area contributed by atoms with Gasteiger partial charge in [0.15, 0.2) is 0 Å². The van der Waals surface area contributed by atoms with Gasteiger partial charge in [-0.15, -0.1) is 11.3 Å². The van der Waals surface area contributed by atoms with Gasteiger partial charge in [-0.05, 0) is 75.0 Å². The summed E-state index contributed by atoms with van der Waals surface area (Å²) >= 11 is 6.80. The Bertz CT molecular complexity index is 1050. The zero-order valence-corrected chi connectivity index (χ0v) is 19.5. The smallest absolute Gasteiger partial charge is 0.337 e. The van der Waals surface area contributed by atoms with Crippen LogP contribution in [-0.4, -0.2) is 57.1 Å². The van der Waals surface area contributed by atoms with Crippen LogP contribution in [0.4, 0.5) is 11.4 Å². The minimum atomic E-state index is -3.82. The van der Waals surface area contributed by atoms with Crippen LogP contribution in [-0.2, 0) is 10.0 Å². The van der Waals surface area contributed by atoms with Crippen molar-refractivity contribution in [2.24, 2.45) is 5.92 Å². The summed E-state index contributed by atoms with van der Waals surface area (Å²) in [4.78, 5) is 16.6. The van der Waals surface area contributed by atoms with Crippen LogP contribution < -0.4 is 9.62 Å². The summed E-state index contributed by atoms with van der Waals surface area (Å²) in [5.41, 5.74) is 0.961. The van der Waals surface area contributed by atoms with Crippen LogP contribution in [0.1, 0.15) is 36.0 Å². The van der Waals surface area contributed by atoms with Crippen molar-refractivity contribution in [3.63, 3.8) is 0 Å². The van der Waals surface area contributed by atoms with Gasteiger partial charge in [0.05, 0.1) is 15.6 Å². The van der Waals surface area contributed by atoms with Gasteiger partial charge in [-0.25, -0.2) is 13.2 Å². The number of rotatable bonds is 7. The number of carboxylic acid groups (broad SMARTS) is 1. The maximum Gasteiger partial charge on any atom is 0.337 e. The number of likely N-dealkylation sites (tertiary alicyclic amines) is 1. The van der Waals surface area contributed by atoms with E-state index in [1.54, 1.807) is 12.1 Å². The standard InChI is InChI=1S/C21H26ClN3O4S2/c22-19-7-8-20(30-19)31(28,29)23-16-5-6-18(17(12-16)21(26)27)25-11-3-4-15(14-25)13-24-9-1-2-10-24/h5-8,12,15,23H,1-4,9-11,13-14H2,(H,26,27). The Kier molecular flexibility index (Phi) is 6.76. The maximum absolute atomic E-state index is 12.6. The Morgan fingerprint density at radius 1 is 1.16 bits per heavy atom. The van der Waals surface area contributed by atoms with Crippen molar-refractivity contribution < 1.29 is 18.3 Å². The number of sulfonamides is 1. The number of hydrogen-bond donors (Lipinski definition) is 2. The lowest BCUT2D eigenvalue weighted by Gasteiger charge is -2.36. The van der Waals surface area contributed by atoms with E-state index >= 15 is 0 Å². The van der Waals surface area contributed by atoms with Crippen LogP contribution in [0, 0.1) is 5.92 Å². The average molecular weight is 484 g/mol. The fraction of sp³-hybridized carbons (Fsp3) is 0.476. The number of piperidine rings is 1. The van der Waals surface area contributed by atoms with Crippen molar-refractivity contribution in [1.29, 1.82) is 0 Å². The normalized spacial score (nSPS) is 20.2. The highest BCUT2D eigenvalue weighted by Gasteiger charge is 2.26. The van der Waals surface area contributed by atoms with Crippen LogP contribution in [0.25, 0.3) is 0 Å². The summed E-state index contributed by atoms with van der Waals surface area (Å²) in [6, 6.07) is 7.67. The van der Waals surface area contributed by atoms with Gasteiger partial charge in [0.1, 0.15) is 4.21 Å². The fourth-order valence-corrected chi connectivity index (χ4v) is 6.99. The molecule has 2 N–H and O–H groups in total. The molecule has 168 valence electrons. The van der Waals surface area contributed by atoms with Gasteiger partial charge in [0, 0.05) is 25.3 Å². The summed E-state index contributed by atoms with van der Waals surface area (Å²) in [5.74, 6) is -0.563. The number of anilines is 2. The first kappa shape index (κ1) is 22.4. The Balaban J connectivity index is 1.52. The van der Waals surface area contributed by atoms with Crippen molar-refractivity contribution in [2.75, 3.05) is 42.3 Å². The molecule has 2 fully saturated rings. The maximum atomic E-state index is 12.6. The van der Waals surface area contributed by atoms with E-state index in [4.69, 9.17) is 11.6 Å².